The van der Waals surface area contributed by atoms with Crippen LogP contribution >= 0.6 is 0 Å². The van der Waals surface area contributed by atoms with Crippen molar-refractivity contribution < 1.29 is 23.5 Å². The Balaban J connectivity index is 1.69. The van der Waals surface area contributed by atoms with Crippen molar-refractivity contribution in [3.63, 3.8) is 0 Å². The predicted octanol–water partition coefficient (Wildman–Crippen LogP) is 2.67. The first-order valence-corrected chi connectivity index (χ1v) is 10.2. The van der Waals surface area contributed by atoms with E-state index in [9.17, 15) is 14.3 Å². The third kappa shape index (κ3) is 3.45. The number of nitrogens with zero attached hydrogens (tertiary/aromatic N) is 1. The van der Waals surface area contributed by atoms with E-state index in [1.807, 2.05) is 18.2 Å². The van der Waals surface area contributed by atoms with E-state index >= 15 is 0 Å². The first-order chi connectivity index (χ1) is 14.0. The van der Waals surface area contributed by atoms with Crippen molar-refractivity contribution in [2.75, 3.05) is 39.4 Å². The van der Waals surface area contributed by atoms with Gasteiger partial charge in [0.05, 0.1) is 19.8 Å². The molecular formula is C23H28FN2O3+. The zero-order valence-corrected chi connectivity index (χ0v) is 16.7. The summed E-state index contributed by atoms with van der Waals surface area (Å²) in [7, 11) is 0. The van der Waals surface area contributed by atoms with E-state index in [1.54, 1.807) is 25.1 Å². The summed E-state index contributed by atoms with van der Waals surface area (Å²) in [5.41, 5.74) is 7.98. The van der Waals surface area contributed by atoms with Crippen LogP contribution in [0.4, 0.5) is 4.39 Å². The summed E-state index contributed by atoms with van der Waals surface area (Å²) in [6, 6.07) is 12.3. The van der Waals surface area contributed by atoms with Gasteiger partial charge in [0.2, 0.25) is 0 Å². The highest BCUT2D eigenvalue weighted by molar-refractivity contribution is 5.79. The topological polar surface area (TPSA) is 72.6 Å². The molecule has 3 fully saturated rings. The van der Waals surface area contributed by atoms with Gasteiger partial charge in [-0.05, 0) is 41.8 Å². The van der Waals surface area contributed by atoms with E-state index in [4.69, 9.17) is 10.5 Å². The number of quaternary nitrogens is 1. The fourth-order valence-electron chi connectivity index (χ4n) is 5.19. The van der Waals surface area contributed by atoms with Gasteiger partial charge in [-0.25, -0.2) is 9.18 Å². The molecule has 0 spiro atoms. The first kappa shape index (κ1) is 20.0. The molecule has 0 aromatic heterocycles. The second kappa shape index (κ2) is 7.86. The van der Waals surface area contributed by atoms with Crippen LogP contribution in [0, 0.1) is 18.7 Å². The van der Waals surface area contributed by atoms with Gasteiger partial charge in [0, 0.05) is 18.4 Å². The number of phenolic OH excluding ortho intramolecular Hbond substituents is 1. The van der Waals surface area contributed by atoms with Gasteiger partial charge >= 0.3 is 5.91 Å². The molecular weight excluding hydrogens is 371 g/mol. The van der Waals surface area contributed by atoms with Crippen molar-refractivity contribution in [1.82, 2.24) is 0 Å². The Bertz CT molecular complexity index is 919. The Labute approximate surface area is 170 Å². The Hall–Kier alpha value is -2.28. The maximum atomic E-state index is 14.3. The lowest BCUT2D eigenvalue weighted by Crippen LogP contribution is -2.75. The summed E-state index contributed by atoms with van der Waals surface area (Å²) in [4.78, 5) is 13.2. The molecule has 0 radical (unpaired) electrons. The fourth-order valence-corrected chi connectivity index (χ4v) is 5.19. The molecule has 1 amide bonds. The van der Waals surface area contributed by atoms with Crippen LogP contribution in [-0.2, 0) is 9.53 Å². The molecule has 4 atom stereocenters. The van der Waals surface area contributed by atoms with Crippen LogP contribution in [0.2, 0.25) is 0 Å². The van der Waals surface area contributed by atoms with Crippen LogP contribution in [0.3, 0.4) is 0 Å². The highest BCUT2D eigenvalue weighted by Crippen LogP contribution is 2.53. The third-order valence-electron chi connectivity index (χ3n) is 6.64. The monoisotopic (exact) mass is 399 g/mol. The molecule has 2 aromatic carbocycles. The van der Waals surface area contributed by atoms with Crippen LogP contribution in [-0.4, -0.2) is 54.9 Å². The average Bonchev–Trinajstić information content (AvgIpc) is 2.72. The largest absolute Gasteiger partial charge is 0.508 e. The van der Waals surface area contributed by atoms with E-state index in [-0.39, 0.29) is 35.2 Å². The highest BCUT2D eigenvalue weighted by Gasteiger charge is 2.64. The van der Waals surface area contributed by atoms with E-state index < -0.39 is 0 Å². The van der Waals surface area contributed by atoms with Crippen molar-refractivity contribution in [2.45, 2.75) is 18.8 Å². The lowest BCUT2D eigenvalue weighted by molar-refractivity contribution is -0.898. The van der Waals surface area contributed by atoms with Gasteiger partial charge in [0.25, 0.3) is 0 Å². The Morgan fingerprint density at radius 2 is 1.93 bits per heavy atom. The third-order valence-corrected chi connectivity index (χ3v) is 6.64. The van der Waals surface area contributed by atoms with E-state index in [0.29, 0.717) is 42.9 Å². The molecule has 0 aliphatic carbocycles. The predicted molar refractivity (Wildman–Crippen MR) is 108 cm³/mol. The molecule has 4 unspecified atom stereocenters. The summed E-state index contributed by atoms with van der Waals surface area (Å²) < 4.78 is 20.3. The molecule has 3 aliphatic rings. The Morgan fingerprint density at radius 1 is 1.17 bits per heavy atom. The van der Waals surface area contributed by atoms with Gasteiger partial charge in [-0.3, -0.25) is 4.48 Å². The number of ether oxygens (including phenoxy) is 1. The minimum atomic E-state index is -0.245. The Morgan fingerprint density at radius 3 is 2.66 bits per heavy atom. The van der Waals surface area contributed by atoms with Crippen molar-refractivity contribution in [3.05, 3.63) is 65.0 Å². The molecule has 29 heavy (non-hydrogen) atoms. The number of hydrogen-bond acceptors (Lipinski definition) is 4. The van der Waals surface area contributed by atoms with Crippen LogP contribution in [0.5, 0.6) is 5.75 Å². The molecule has 0 saturated carbocycles. The van der Waals surface area contributed by atoms with E-state index in [0.717, 1.165) is 17.7 Å². The zero-order chi connectivity index (χ0) is 20.6. The minimum absolute atomic E-state index is 0.0218. The molecule has 5 nitrogen and oxygen atoms in total. The van der Waals surface area contributed by atoms with Crippen molar-refractivity contribution >= 4 is 5.91 Å². The van der Waals surface area contributed by atoms with Crippen LogP contribution in [0.15, 0.2) is 42.5 Å². The molecule has 5 rings (SSSR count). The van der Waals surface area contributed by atoms with Gasteiger partial charge in [0.15, 0.2) is 0 Å². The van der Waals surface area contributed by atoms with Crippen molar-refractivity contribution in [1.29, 1.82) is 0 Å². The number of amides is 1. The van der Waals surface area contributed by atoms with Crippen LogP contribution in [0.25, 0.3) is 0 Å². The number of piperidine rings is 2. The van der Waals surface area contributed by atoms with Gasteiger partial charge < -0.3 is 15.6 Å². The second-order valence-corrected chi connectivity index (χ2v) is 8.26. The average molecular weight is 399 g/mol. The zero-order valence-electron chi connectivity index (χ0n) is 16.7. The van der Waals surface area contributed by atoms with Gasteiger partial charge in [-0.15, -0.1) is 0 Å². The Kier molecular flexibility index (Phi) is 5.42. The summed E-state index contributed by atoms with van der Waals surface area (Å²) >= 11 is 0. The number of carbonyl (C=O) groups is 1. The lowest BCUT2D eigenvalue weighted by atomic mass is 9.63. The number of fused-ring (bicyclic) bond motifs is 2. The smallest absolute Gasteiger partial charge is 0.323 e. The maximum Gasteiger partial charge on any atom is 0.323 e. The number of hydrogen-bond donors (Lipinski definition) is 2. The number of nitrogens with two attached hydrogens (primary N) is 1. The van der Waals surface area contributed by atoms with Gasteiger partial charge in [-0.2, -0.15) is 0 Å². The second-order valence-electron chi connectivity index (χ2n) is 8.26. The quantitative estimate of drug-likeness (QED) is 0.427. The SMILES string of the molecule is Cc1c(F)cccc1C1C2C[N+](CCOCCN)(CC1c1cccc(O)c1)C2=O. The summed E-state index contributed by atoms with van der Waals surface area (Å²) in [6.45, 7) is 5.23. The van der Waals surface area contributed by atoms with E-state index in [2.05, 4.69) is 0 Å². The fraction of sp³-hybridized carbons (Fsp3) is 0.435. The molecule has 3 N–H and O–H groups in total. The molecule has 6 heteroatoms. The number of rotatable bonds is 7. The van der Waals surface area contributed by atoms with E-state index in [1.165, 1.54) is 6.07 Å². The number of benzene rings is 2. The first-order valence-electron chi connectivity index (χ1n) is 10.2. The van der Waals surface area contributed by atoms with Crippen LogP contribution in [0.1, 0.15) is 28.5 Å². The highest BCUT2D eigenvalue weighted by atomic mass is 19.1. The number of aromatic hydroxyl groups is 1. The number of halogens is 1. The summed E-state index contributed by atoms with van der Waals surface area (Å²) in [5.74, 6) is -0.0444. The normalized spacial score (nSPS) is 28.2. The number of phenols is 1. The summed E-state index contributed by atoms with van der Waals surface area (Å²) in [5, 5.41) is 10.0. The molecule has 3 saturated heterocycles. The maximum absolute atomic E-state index is 14.3. The van der Waals surface area contributed by atoms with Gasteiger partial charge in [-0.1, -0.05) is 24.3 Å². The lowest BCUT2D eigenvalue weighted by Gasteiger charge is -2.57. The minimum Gasteiger partial charge on any atom is -0.508 e. The number of carbonyl (C=O) groups excluding carboxylic acids is 1. The molecule has 154 valence electrons. The molecule has 3 heterocycles. The van der Waals surface area contributed by atoms with Crippen LogP contribution < -0.4 is 5.73 Å². The van der Waals surface area contributed by atoms with Crippen molar-refractivity contribution in [2.24, 2.45) is 11.7 Å². The molecule has 2 bridgehead atoms. The summed E-state index contributed by atoms with van der Waals surface area (Å²) in [6.07, 6.45) is 0. The van der Waals surface area contributed by atoms with Crippen molar-refractivity contribution in [3.8, 4) is 5.75 Å². The molecule has 2 aromatic rings. The standard InChI is InChI=1S/C23H27FN2O3/c1-15-18(6-3-7-21(15)24)22-19(16-4-2-5-17(27)12-16)13-26(9-11-29-10-8-25)14-20(22)23(26)28/h2-7,12,19-20,22H,8-11,13-14,25H2,1H3/p+1. The van der Waals surface area contributed by atoms with Gasteiger partial charge in [0.1, 0.15) is 30.6 Å². The number of β-lactam (4-membered cyclic amide) rings is 1. The molecule has 3 aliphatic heterocycles.